The van der Waals surface area contributed by atoms with Crippen LogP contribution < -0.4 is 10.8 Å². The predicted octanol–water partition coefficient (Wildman–Crippen LogP) is 2.31. The number of nitrogens with one attached hydrogen (secondary N) is 2. The minimum Gasteiger partial charge on any atom is -0.371 e. The van der Waals surface area contributed by atoms with Crippen molar-refractivity contribution in [1.82, 2.24) is 10.8 Å². The van der Waals surface area contributed by atoms with Gasteiger partial charge in [-0.3, -0.25) is 9.59 Å². The summed E-state index contributed by atoms with van der Waals surface area (Å²) in [4.78, 5) is 27.5. The summed E-state index contributed by atoms with van der Waals surface area (Å²) in [7, 11) is 0. The molecule has 0 atom stereocenters. The molecule has 0 saturated heterocycles. The summed E-state index contributed by atoms with van der Waals surface area (Å²) in [5.74, 6) is -0.176. The third-order valence-corrected chi connectivity index (χ3v) is 2.71. The average Bonchev–Trinajstić information content (AvgIpc) is 2.40. The van der Waals surface area contributed by atoms with E-state index in [9.17, 15) is 9.59 Å². The number of rotatable bonds is 12. The highest BCUT2D eigenvalue weighted by Crippen LogP contribution is 2.01. The van der Waals surface area contributed by atoms with E-state index < -0.39 is 0 Å². The second kappa shape index (κ2) is 13.3. The third-order valence-electron chi connectivity index (χ3n) is 2.71. The Balaban J connectivity index is 3.32. The van der Waals surface area contributed by atoms with Crippen LogP contribution in [0.4, 0.5) is 0 Å². The van der Waals surface area contributed by atoms with Gasteiger partial charge in [-0.2, -0.15) is 5.48 Å². The van der Waals surface area contributed by atoms with Gasteiger partial charge in [0.25, 0.3) is 0 Å². The molecule has 5 nitrogen and oxygen atoms in total. The SMILES string of the molecule is CCCCNOC(=O)CCCCC(=O)NCCCC. The van der Waals surface area contributed by atoms with E-state index in [4.69, 9.17) is 4.84 Å². The van der Waals surface area contributed by atoms with Crippen LogP contribution in [-0.4, -0.2) is 25.0 Å². The zero-order chi connectivity index (χ0) is 14.3. The van der Waals surface area contributed by atoms with Crippen LogP contribution in [0.1, 0.15) is 65.2 Å². The highest BCUT2D eigenvalue weighted by Gasteiger charge is 2.04. The number of unbranched alkanes of at least 4 members (excludes halogenated alkanes) is 3. The van der Waals surface area contributed by atoms with Crippen LogP contribution in [0, 0.1) is 0 Å². The largest absolute Gasteiger partial charge is 0.371 e. The molecule has 0 aromatic heterocycles. The Kier molecular flexibility index (Phi) is 12.6. The lowest BCUT2D eigenvalue weighted by Gasteiger charge is -2.05. The van der Waals surface area contributed by atoms with Crippen molar-refractivity contribution in [3.8, 4) is 0 Å². The van der Waals surface area contributed by atoms with Crippen LogP contribution in [0.15, 0.2) is 0 Å². The number of amides is 1. The highest BCUT2D eigenvalue weighted by molar-refractivity contribution is 5.75. The number of hydrogen-bond acceptors (Lipinski definition) is 4. The first-order valence-corrected chi connectivity index (χ1v) is 7.39. The monoisotopic (exact) mass is 272 g/mol. The average molecular weight is 272 g/mol. The van der Waals surface area contributed by atoms with Crippen molar-refractivity contribution >= 4 is 11.9 Å². The summed E-state index contributed by atoms with van der Waals surface area (Å²) in [5.41, 5.74) is 2.64. The fourth-order valence-electron chi connectivity index (χ4n) is 1.48. The maximum Gasteiger partial charge on any atom is 0.324 e. The van der Waals surface area contributed by atoms with Gasteiger partial charge in [-0.25, -0.2) is 0 Å². The smallest absolute Gasteiger partial charge is 0.324 e. The van der Waals surface area contributed by atoms with E-state index in [0.29, 0.717) is 25.8 Å². The van der Waals surface area contributed by atoms with Crippen LogP contribution in [-0.2, 0) is 14.4 Å². The molecular weight excluding hydrogens is 244 g/mol. The number of hydrogen-bond donors (Lipinski definition) is 2. The molecule has 0 spiro atoms. The fraction of sp³-hybridized carbons (Fsp3) is 0.857. The third kappa shape index (κ3) is 13.1. The highest BCUT2D eigenvalue weighted by atomic mass is 16.7. The van der Waals surface area contributed by atoms with E-state index in [-0.39, 0.29) is 11.9 Å². The minimum absolute atomic E-state index is 0.0721. The minimum atomic E-state index is -0.248. The van der Waals surface area contributed by atoms with Gasteiger partial charge in [-0.05, 0) is 25.7 Å². The van der Waals surface area contributed by atoms with Crippen molar-refractivity contribution in [2.75, 3.05) is 13.1 Å². The van der Waals surface area contributed by atoms with Gasteiger partial charge >= 0.3 is 5.97 Å². The molecule has 0 aliphatic carbocycles. The summed E-state index contributed by atoms with van der Waals surface area (Å²) in [5, 5.41) is 2.85. The first-order valence-electron chi connectivity index (χ1n) is 7.39. The Bertz CT molecular complexity index is 245. The molecule has 0 aromatic rings. The molecule has 0 bridgehead atoms. The van der Waals surface area contributed by atoms with Crippen molar-refractivity contribution in [3.05, 3.63) is 0 Å². The van der Waals surface area contributed by atoms with Crippen molar-refractivity contribution in [2.24, 2.45) is 0 Å². The summed E-state index contributed by atoms with van der Waals surface area (Å²) in [6.45, 7) is 5.61. The lowest BCUT2D eigenvalue weighted by Crippen LogP contribution is -2.24. The molecule has 0 fully saturated rings. The molecule has 0 unspecified atom stereocenters. The first kappa shape index (κ1) is 17.9. The topological polar surface area (TPSA) is 67.4 Å². The lowest BCUT2D eigenvalue weighted by molar-refractivity contribution is -0.151. The summed E-state index contributed by atoms with van der Waals surface area (Å²) in [6.07, 6.45) is 6.42. The fourth-order valence-corrected chi connectivity index (χ4v) is 1.48. The molecule has 0 radical (unpaired) electrons. The van der Waals surface area contributed by atoms with Crippen LogP contribution in [0.3, 0.4) is 0 Å². The molecule has 19 heavy (non-hydrogen) atoms. The molecule has 5 heteroatoms. The quantitative estimate of drug-likeness (QED) is 0.422. The molecule has 0 rings (SSSR count). The Hall–Kier alpha value is -1.10. The van der Waals surface area contributed by atoms with Crippen molar-refractivity contribution in [2.45, 2.75) is 65.2 Å². The van der Waals surface area contributed by atoms with Gasteiger partial charge in [-0.1, -0.05) is 26.7 Å². The van der Waals surface area contributed by atoms with E-state index in [2.05, 4.69) is 24.6 Å². The number of hydroxylamine groups is 1. The van der Waals surface area contributed by atoms with E-state index in [1.165, 1.54) is 0 Å². The number of carbonyl (C=O) groups excluding carboxylic acids is 2. The first-order chi connectivity index (χ1) is 9.20. The standard InChI is InChI=1S/C14H28N2O3/c1-3-5-11-15-13(17)9-7-8-10-14(18)19-16-12-6-4-2/h16H,3-12H2,1-2H3,(H,15,17). The molecule has 0 aromatic carbocycles. The van der Waals surface area contributed by atoms with Gasteiger partial charge in [0, 0.05) is 25.9 Å². The maximum atomic E-state index is 11.4. The molecular formula is C14H28N2O3. The van der Waals surface area contributed by atoms with Crippen molar-refractivity contribution < 1.29 is 14.4 Å². The molecule has 0 saturated carbocycles. The Morgan fingerprint density at radius 1 is 0.895 bits per heavy atom. The molecule has 112 valence electrons. The van der Waals surface area contributed by atoms with Crippen molar-refractivity contribution in [3.63, 3.8) is 0 Å². The Morgan fingerprint density at radius 3 is 2.21 bits per heavy atom. The van der Waals surface area contributed by atoms with Crippen LogP contribution in [0.25, 0.3) is 0 Å². The van der Waals surface area contributed by atoms with Gasteiger partial charge in [0.1, 0.15) is 0 Å². The summed E-state index contributed by atoms with van der Waals surface area (Å²) in [6, 6.07) is 0. The Labute approximate surface area is 116 Å². The molecule has 0 aliphatic rings. The van der Waals surface area contributed by atoms with Crippen LogP contribution in [0.5, 0.6) is 0 Å². The van der Waals surface area contributed by atoms with Gasteiger partial charge < -0.3 is 10.2 Å². The van der Waals surface area contributed by atoms with Gasteiger partial charge in [-0.15, -0.1) is 0 Å². The van der Waals surface area contributed by atoms with Gasteiger partial charge in [0.05, 0.1) is 0 Å². The zero-order valence-corrected chi connectivity index (χ0v) is 12.3. The summed E-state index contributed by atoms with van der Waals surface area (Å²) >= 11 is 0. The second-order valence-electron chi connectivity index (χ2n) is 4.63. The predicted molar refractivity (Wildman–Crippen MR) is 75.4 cm³/mol. The molecule has 0 heterocycles. The van der Waals surface area contributed by atoms with E-state index in [0.717, 1.165) is 38.6 Å². The van der Waals surface area contributed by atoms with Crippen LogP contribution >= 0.6 is 0 Å². The lowest BCUT2D eigenvalue weighted by atomic mass is 10.2. The Morgan fingerprint density at radius 2 is 1.53 bits per heavy atom. The van der Waals surface area contributed by atoms with Gasteiger partial charge in [0.2, 0.25) is 5.91 Å². The van der Waals surface area contributed by atoms with Gasteiger partial charge in [0.15, 0.2) is 0 Å². The second-order valence-corrected chi connectivity index (χ2v) is 4.63. The molecule has 0 aliphatic heterocycles. The van der Waals surface area contributed by atoms with Crippen molar-refractivity contribution in [1.29, 1.82) is 0 Å². The van der Waals surface area contributed by atoms with Crippen LogP contribution in [0.2, 0.25) is 0 Å². The zero-order valence-electron chi connectivity index (χ0n) is 12.3. The normalized spacial score (nSPS) is 10.2. The van der Waals surface area contributed by atoms with E-state index in [1.54, 1.807) is 0 Å². The maximum absolute atomic E-state index is 11.4. The summed E-state index contributed by atoms with van der Waals surface area (Å²) < 4.78 is 0. The van der Waals surface area contributed by atoms with E-state index in [1.807, 2.05) is 0 Å². The number of carbonyl (C=O) groups is 2. The van der Waals surface area contributed by atoms with E-state index >= 15 is 0 Å². The molecule has 2 N–H and O–H groups in total. The molecule has 1 amide bonds.